The van der Waals surface area contributed by atoms with Gasteiger partial charge in [0, 0.05) is 25.3 Å². The van der Waals surface area contributed by atoms with E-state index in [9.17, 15) is 13.6 Å². The average Bonchev–Trinajstić information content (AvgIpc) is 3.04. The van der Waals surface area contributed by atoms with Crippen molar-refractivity contribution >= 4 is 17.0 Å². The maximum absolute atomic E-state index is 13.5. The number of fused-ring (bicyclic) bond motifs is 1. The largest absolute Gasteiger partial charge is 0.481 e. The summed E-state index contributed by atoms with van der Waals surface area (Å²) in [6.45, 7) is 0.752. The topological polar surface area (TPSA) is 64.3 Å². The van der Waals surface area contributed by atoms with E-state index in [0.717, 1.165) is 25.0 Å². The molecule has 1 N–H and O–H groups in total. The summed E-state index contributed by atoms with van der Waals surface area (Å²) in [6, 6.07) is 2.08. The molecule has 1 fully saturated rings. The van der Waals surface area contributed by atoms with Gasteiger partial charge in [0.05, 0.1) is 17.5 Å². The smallest absolute Gasteiger partial charge is 0.305 e. The predicted octanol–water partition coefficient (Wildman–Crippen LogP) is 2.64. The van der Waals surface area contributed by atoms with Crippen molar-refractivity contribution < 1.29 is 23.4 Å². The second-order valence-corrected chi connectivity index (χ2v) is 5.02. The third-order valence-electron chi connectivity index (χ3n) is 3.59. The van der Waals surface area contributed by atoms with E-state index in [1.165, 1.54) is 0 Å². The molecule has 0 amide bonds. The maximum atomic E-state index is 13.5. The van der Waals surface area contributed by atoms with Crippen molar-refractivity contribution in [3.8, 4) is 0 Å². The predicted molar refractivity (Wildman–Crippen MR) is 69.8 cm³/mol. The lowest BCUT2D eigenvalue weighted by molar-refractivity contribution is -0.137. The Hall–Kier alpha value is -2.02. The van der Waals surface area contributed by atoms with E-state index < -0.39 is 17.6 Å². The van der Waals surface area contributed by atoms with Gasteiger partial charge in [-0.2, -0.15) is 0 Å². The molecular weight excluding hydrogens is 282 g/mol. The van der Waals surface area contributed by atoms with Gasteiger partial charge < -0.3 is 14.4 Å². The van der Waals surface area contributed by atoms with Crippen LogP contribution in [0.5, 0.6) is 0 Å². The van der Waals surface area contributed by atoms with Crippen molar-refractivity contribution in [2.75, 3.05) is 6.61 Å². The van der Waals surface area contributed by atoms with E-state index in [2.05, 4.69) is 4.98 Å². The first-order valence-corrected chi connectivity index (χ1v) is 6.75. The Morgan fingerprint density at radius 1 is 1.43 bits per heavy atom. The van der Waals surface area contributed by atoms with Crippen LogP contribution in [0.15, 0.2) is 12.1 Å². The Kier molecular flexibility index (Phi) is 3.59. The molecule has 2 aromatic rings. The van der Waals surface area contributed by atoms with E-state index >= 15 is 0 Å². The summed E-state index contributed by atoms with van der Waals surface area (Å²) in [4.78, 5) is 15.1. The van der Waals surface area contributed by atoms with E-state index in [-0.39, 0.29) is 19.1 Å². The summed E-state index contributed by atoms with van der Waals surface area (Å²) in [5, 5.41) is 8.84. The van der Waals surface area contributed by atoms with Crippen LogP contribution in [0.25, 0.3) is 11.0 Å². The highest BCUT2D eigenvalue weighted by Gasteiger charge is 2.25. The van der Waals surface area contributed by atoms with Crippen molar-refractivity contribution in [3.63, 3.8) is 0 Å². The summed E-state index contributed by atoms with van der Waals surface area (Å²) in [5.41, 5.74) is 0.699. The van der Waals surface area contributed by atoms with Crippen LogP contribution in [-0.2, 0) is 16.1 Å². The molecule has 0 saturated carbocycles. The first-order valence-electron chi connectivity index (χ1n) is 6.75. The Labute approximate surface area is 119 Å². The molecule has 1 aliphatic heterocycles. The number of imidazole rings is 1. The fraction of sp³-hybridized carbons (Fsp3) is 0.429. The summed E-state index contributed by atoms with van der Waals surface area (Å²) < 4.78 is 34.0. The van der Waals surface area contributed by atoms with Crippen LogP contribution in [0.2, 0.25) is 0 Å². The summed E-state index contributed by atoms with van der Waals surface area (Å²) in [7, 11) is 0. The summed E-state index contributed by atoms with van der Waals surface area (Å²) in [5.74, 6) is -2.37. The zero-order chi connectivity index (χ0) is 15.0. The number of hydrogen-bond donors (Lipinski definition) is 1. The van der Waals surface area contributed by atoms with Gasteiger partial charge >= 0.3 is 5.97 Å². The number of ether oxygens (including phenoxy) is 1. The highest BCUT2D eigenvalue weighted by Crippen LogP contribution is 2.31. The Bertz CT molecular complexity index is 693. The van der Waals surface area contributed by atoms with Crippen LogP contribution < -0.4 is 0 Å². The highest BCUT2D eigenvalue weighted by molar-refractivity contribution is 5.76. The van der Waals surface area contributed by atoms with Crippen molar-refractivity contribution in [1.29, 1.82) is 0 Å². The minimum absolute atomic E-state index is 0.121. The van der Waals surface area contributed by atoms with Crippen molar-refractivity contribution in [2.24, 2.45) is 0 Å². The molecular formula is C14H14F2N2O3. The molecule has 1 aliphatic rings. The van der Waals surface area contributed by atoms with Crippen molar-refractivity contribution in [3.05, 3.63) is 29.6 Å². The van der Waals surface area contributed by atoms with Gasteiger partial charge in [0.1, 0.15) is 11.9 Å². The molecule has 2 heterocycles. The van der Waals surface area contributed by atoms with Crippen LogP contribution in [0.1, 0.15) is 31.2 Å². The molecule has 0 aliphatic carbocycles. The maximum Gasteiger partial charge on any atom is 0.305 e. The first-order chi connectivity index (χ1) is 10.1. The molecule has 1 atom stereocenters. The monoisotopic (exact) mass is 296 g/mol. The lowest BCUT2D eigenvalue weighted by atomic mass is 10.2. The van der Waals surface area contributed by atoms with E-state index in [0.29, 0.717) is 23.5 Å². The molecule has 112 valence electrons. The third-order valence-corrected chi connectivity index (χ3v) is 3.59. The number of hydrogen-bond acceptors (Lipinski definition) is 3. The van der Waals surface area contributed by atoms with Crippen LogP contribution in [0, 0.1) is 11.6 Å². The highest BCUT2D eigenvalue weighted by atomic mass is 19.2. The standard InChI is InChI=1S/C14H14F2N2O3/c15-8-6-10-11(7-9(8)16)18(4-3-13(19)20)14(17-10)12-2-1-5-21-12/h6-7,12H,1-5H2,(H,19,20). The van der Waals surface area contributed by atoms with E-state index in [1.54, 1.807) is 4.57 Å². The second-order valence-electron chi connectivity index (χ2n) is 5.02. The van der Waals surface area contributed by atoms with Gasteiger partial charge in [-0.05, 0) is 12.8 Å². The van der Waals surface area contributed by atoms with Crippen LogP contribution >= 0.6 is 0 Å². The molecule has 1 unspecified atom stereocenters. The molecule has 5 nitrogen and oxygen atoms in total. The number of aryl methyl sites for hydroxylation is 1. The summed E-state index contributed by atoms with van der Waals surface area (Å²) >= 11 is 0. The van der Waals surface area contributed by atoms with Crippen molar-refractivity contribution in [2.45, 2.75) is 31.9 Å². The minimum Gasteiger partial charge on any atom is -0.481 e. The SMILES string of the molecule is O=C(O)CCn1c(C2CCCO2)nc2cc(F)c(F)cc21. The molecule has 7 heteroatoms. The van der Waals surface area contributed by atoms with Gasteiger partial charge in [0.2, 0.25) is 0 Å². The molecule has 1 saturated heterocycles. The molecule has 1 aromatic carbocycles. The second kappa shape index (κ2) is 5.40. The van der Waals surface area contributed by atoms with Gasteiger partial charge in [0.25, 0.3) is 0 Å². The average molecular weight is 296 g/mol. The van der Waals surface area contributed by atoms with Gasteiger partial charge in [-0.15, -0.1) is 0 Å². The Morgan fingerprint density at radius 3 is 2.86 bits per heavy atom. The van der Waals surface area contributed by atoms with Gasteiger partial charge in [-0.25, -0.2) is 13.8 Å². The van der Waals surface area contributed by atoms with Crippen LogP contribution in [0.4, 0.5) is 8.78 Å². The number of benzene rings is 1. The number of nitrogens with zero attached hydrogens (tertiary/aromatic N) is 2. The number of carboxylic acids is 1. The molecule has 0 radical (unpaired) electrons. The normalized spacial score (nSPS) is 18.5. The zero-order valence-corrected chi connectivity index (χ0v) is 11.2. The van der Waals surface area contributed by atoms with Gasteiger partial charge in [0.15, 0.2) is 11.6 Å². The number of aromatic nitrogens is 2. The quantitative estimate of drug-likeness (QED) is 0.942. The minimum atomic E-state index is -0.974. The lowest BCUT2D eigenvalue weighted by Gasteiger charge is -2.12. The number of aliphatic carboxylic acids is 1. The fourth-order valence-electron chi connectivity index (χ4n) is 2.61. The zero-order valence-electron chi connectivity index (χ0n) is 11.2. The lowest BCUT2D eigenvalue weighted by Crippen LogP contribution is -2.11. The van der Waals surface area contributed by atoms with Crippen LogP contribution in [-0.4, -0.2) is 27.2 Å². The number of rotatable bonds is 4. The number of carboxylic acid groups (broad SMARTS) is 1. The van der Waals surface area contributed by atoms with Gasteiger partial charge in [-0.1, -0.05) is 0 Å². The molecule has 21 heavy (non-hydrogen) atoms. The fourth-order valence-corrected chi connectivity index (χ4v) is 2.61. The molecule has 1 aromatic heterocycles. The number of carbonyl (C=O) groups is 1. The van der Waals surface area contributed by atoms with E-state index in [1.807, 2.05) is 0 Å². The first kappa shape index (κ1) is 13.9. The van der Waals surface area contributed by atoms with Gasteiger partial charge in [-0.3, -0.25) is 4.79 Å². The molecule has 3 rings (SSSR count). The molecule has 0 bridgehead atoms. The third kappa shape index (κ3) is 2.61. The van der Waals surface area contributed by atoms with Crippen molar-refractivity contribution in [1.82, 2.24) is 9.55 Å². The Balaban J connectivity index is 2.10. The molecule has 0 spiro atoms. The number of halogens is 2. The van der Waals surface area contributed by atoms with E-state index in [4.69, 9.17) is 9.84 Å². The van der Waals surface area contributed by atoms with Crippen LogP contribution in [0.3, 0.4) is 0 Å². The summed E-state index contributed by atoms with van der Waals surface area (Å²) in [6.07, 6.45) is 1.28. The Morgan fingerprint density at radius 2 is 2.19 bits per heavy atom.